The largest absolute Gasteiger partial charge is 0.433 e. The first-order valence-corrected chi connectivity index (χ1v) is 7.08. The van der Waals surface area contributed by atoms with Gasteiger partial charge in [0.05, 0.1) is 6.54 Å². The van der Waals surface area contributed by atoms with Gasteiger partial charge in [-0.15, -0.1) is 11.3 Å². The second-order valence-electron chi connectivity index (χ2n) is 4.63. The third-order valence-corrected chi connectivity index (χ3v) is 4.40. The molecule has 0 spiro atoms. The molecule has 0 fully saturated rings. The Balaban J connectivity index is 1.68. The number of thiophene rings is 1. The Kier molecular flexibility index (Phi) is 3.37. The molecule has 0 aliphatic heterocycles. The fraction of sp³-hybridized carbons (Fsp3) is 0.385. The summed E-state index contributed by atoms with van der Waals surface area (Å²) < 4.78 is 37.6. The number of alkyl halides is 3. The fourth-order valence-corrected chi connectivity index (χ4v) is 3.45. The Labute approximate surface area is 117 Å². The topological polar surface area (TPSA) is 37.8 Å². The monoisotopic (exact) mass is 299 g/mol. The quantitative estimate of drug-likeness (QED) is 0.940. The van der Waals surface area contributed by atoms with E-state index < -0.39 is 11.9 Å². The lowest BCUT2D eigenvalue weighted by atomic mass is 10.2. The van der Waals surface area contributed by atoms with Gasteiger partial charge in [-0.1, -0.05) is 0 Å². The minimum Gasteiger partial charge on any atom is -0.349 e. The highest BCUT2D eigenvalue weighted by Gasteiger charge is 2.32. The van der Waals surface area contributed by atoms with Crippen molar-refractivity contribution >= 4 is 17.3 Å². The van der Waals surface area contributed by atoms with Crippen molar-refractivity contribution in [3.8, 4) is 0 Å². The molecule has 0 unspecified atom stereocenters. The fourth-order valence-electron chi connectivity index (χ4n) is 2.25. The molecule has 3 rings (SSSR count). The third-order valence-electron chi connectivity index (χ3n) is 3.16. The molecule has 1 N–H and O–H groups in total. The van der Waals surface area contributed by atoms with Crippen LogP contribution in [0.3, 0.4) is 0 Å². The van der Waals surface area contributed by atoms with E-state index in [4.69, 9.17) is 0 Å². The lowest BCUT2D eigenvalue weighted by molar-refractivity contribution is -0.141. The Morgan fingerprint density at radius 1 is 1.30 bits per heavy atom. The molecule has 0 radical (unpaired) electrons. The van der Waals surface area contributed by atoms with Crippen LogP contribution >= 0.6 is 11.3 Å². The molecule has 2 aromatic heterocycles. The normalized spacial score (nSPS) is 14.3. The van der Waals surface area contributed by atoms with Crippen LogP contribution in [0.2, 0.25) is 0 Å². The molecule has 3 nitrogen and oxygen atoms in total. The molecule has 2 heterocycles. The molecular formula is C13H12F3N3S. The zero-order chi connectivity index (χ0) is 14.2. The maximum Gasteiger partial charge on any atom is 0.433 e. The van der Waals surface area contributed by atoms with Gasteiger partial charge in [0.25, 0.3) is 0 Å². The summed E-state index contributed by atoms with van der Waals surface area (Å²) >= 11 is 1.71. The van der Waals surface area contributed by atoms with Gasteiger partial charge in [0, 0.05) is 16.0 Å². The van der Waals surface area contributed by atoms with Gasteiger partial charge in [-0.05, 0) is 37.0 Å². The van der Waals surface area contributed by atoms with Gasteiger partial charge in [0.2, 0.25) is 5.95 Å². The van der Waals surface area contributed by atoms with E-state index in [-0.39, 0.29) is 5.95 Å². The number of rotatable bonds is 3. The molecule has 0 saturated carbocycles. The summed E-state index contributed by atoms with van der Waals surface area (Å²) in [6, 6.07) is 2.98. The Hall–Kier alpha value is -1.63. The first kappa shape index (κ1) is 13.4. The number of anilines is 1. The van der Waals surface area contributed by atoms with E-state index in [1.165, 1.54) is 16.9 Å². The van der Waals surface area contributed by atoms with Crippen molar-refractivity contribution in [2.75, 3.05) is 5.32 Å². The van der Waals surface area contributed by atoms with Crippen LogP contribution in [0, 0.1) is 0 Å². The Morgan fingerprint density at radius 3 is 2.90 bits per heavy atom. The molecule has 7 heteroatoms. The summed E-state index contributed by atoms with van der Waals surface area (Å²) in [7, 11) is 0. The van der Waals surface area contributed by atoms with Gasteiger partial charge < -0.3 is 5.32 Å². The first-order chi connectivity index (χ1) is 9.52. The molecule has 0 atom stereocenters. The van der Waals surface area contributed by atoms with Gasteiger partial charge in [0.15, 0.2) is 0 Å². The first-order valence-electron chi connectivity index (χ1n) is 6.27. The van der Waals surface area contributed by atoms with Crippen LogP contribution in [-0.2, 0) is 25.6 Å². The molecule has 20 heavy (non-hydrogen) atoms. The maximum absolute atomic E-state index is 12.5. The smallest absolute Gasteiger partial charge is 0.349 e. The van der Waals surface area contributed by atoms with Gasteiger partial charge in [-0.2, -0.15) is 13.2 Å². The maximum atomic E-state index is 12.5. The van der Waals surface area contributed by atoms with Crippen molar-refractivity contribution in [2.45, 2.75) is 32.0 Å². The van der Waals surface area contributed by atoms with Crippen molar-refractivity contribution in [1.82, 2.24) is 9.97 Å². The number of aryl methyl sites for hydroxylation is 2. The highest BCUT2D eigenvalue weighted by atomic mass is 32.1. The molecule has 0 aromatic carbocycles. The second kappa shape index (κ2) is 5.05. The summed E-state index contributed by atoms with van der Waals surface area (Å²) in [6.45, 7) is 0.457. The van der Waals surface area contributed by atoms with Crippen LogP contribution in [0.1, 0.15) is 27.4 Å². The van der Waals surface area contributed by atoms with Gasteiger partial charge in [-0.3, -0.25) is 0 Å². The Bertz CT molecular complexity index is 600. The van der Waals surface area contributed by atoms with Crippen LogP contribution in [0.5, 0.6) is 0 Å². The van der Waals surface area contributed by atoms with E-state index in [0.717, 1.165) is 30.0 Å². The number of aromatic nitrogens is 2. The van der Waals surface area contributed by atoms with Crippen molar-refractivity contribution in [3.05, 3.63) is 39.3 Å². The van der Waals surface area contributed by atoms with Crippen molar-refractivity contribution in [2.24, 2.45) is 0 Å². The van der Waals surface area contributed by atoms with Crippen LogP contribution in [0.25, 0.3) is 0 Å². The summed E-state index contributed by atoms with van der Waals surface area (Å²) in [5, 5.41) is 2.85. The van der Waals surface area contributed by atoms with Crippen LogP contribution in [0.4, 0.5) is 19.1 Å². The summed E-state index contributed by atoms with van der Waals surface area (Å²) in [5.74, 6) is 0.00776. The van der Waals surface area contributed by atoms with E-state index in [0.29, 0.717) is 6.54 Å². The number of halogens is 3. The standard InChI is InChI=1S/C13H12F3N3S/c14-13(15,16)11-4-5-17-12(19-11)18-7-9-6-8-2-1-3-10(8)20-9/h4-6H,1-3,7H2,(H,17,18,19). The summed E-state index contributed by atoms with van der Waals surface area (Å²) in [4.78, 5) is 9.80. The number of hydrogen-bond acceptors (Lipinski definition) is 4. The van der Waals surface area contributed by atoms with Crippen molar-refractivity contribution < 1.29 is 13.2 Å². The van der Waals surface area contributed by atoms with E-state index >= 15 is 0 Å². The van der Waals surface area contributed by atoms with Crippen molar-refractivity contribution in [1.29, 1.82) is 0 Å². The van der Waals surface area contributed by atoms with Crippen molar-refractivity contribution in [3.63, 3.8) is 0 Å². The molecule has 0 bridgehead atoms. The van der Waals surface area contributed by atoms with Gasteiger partial charge >= 0.3 is 6.18 Å². The molecule has 1 aliphatic rings. The zero-order valence-corrected chi connectivity index (χ0v) is 11.3. The van der Waals surface area contributed by atoms with E-state index in [1.54, 1.807) is 11.3 Å². The Morgan fingerprint density at radius 2 is 2.15 bits per heavy atom. The van der Waals surface area contributed by atoms with Crippen LogP contribution in [0.15, 0.2) is 18.3 Å². The van der Waals surface area contributed by atoms with E-state index in [1.807, 2.05) is 0 Å². The predicted molar refractivity (Wildman–Crippen MR) is 70.7 cm³/mol. The number of nitrogens with one attached hydrogen (secondary N) is 1. The van der Waals surface area contributed by atoms with E-state index in [9.17, 15) is 13.2 Å². The molecule has 0 amide bonds. The predicted octanol–water partition coefficient (Wildman–Crippen LogP) is 3.66. The number of hydrogen-bond donors (Lipinski definition) is 1. The zero-order valence-electron chi connectivity index (χ0n) is 10.5. The lowest BCUT2D eigenvalue weighted by Gasteiger charge is -2.07. The van der Waals surface area contributed by atoms with Crippen LogP contribution in [-0.4, -0.2) is 9.97 Å². The summed E-state index contributed by atoms with van der Waals surface area (Å²) in [6.07, 6.45) is 0.0909. The number of fused-ring (bicyclic) bond motifs is 1. The highest BCUT2D eigenvalue weighted by Crippen LogP contribution is 2.31. The molecule has 2 aromatic rings. The molecular weight excluding hydrogens is 287 g/mol. The second-order valence-corrected chi connectivity index (χ2v) is 5.85. The minimum absolute atomic E-state index is 0.00776. The molecule has 1 aliphatic carbocycles. The minimum atomic E-state index is -4.44. The third kappa shape index (κ3) is 2.77. The van der Waals surface area contributed by atoms with E-state index in [2.05, 4.69) is 21.4 Å². The molecule has 0 saturated heterocycles. The summed E-state index contributed by atoms with van der Waals surface area (Å²) in [5.41, 5.74) is 0.445. The van der Waals surface area contributed by atoms with Gasteiger partial charge in [-0.25, -0.2) is 9.97 Å². The molecule has 106 valence electrons. The average molecular weight is 299 g/mol. The van der Waals surface area contributed by atoms with Gasteiger partial charge in [0.1, 0.15) is 5.69 Å². The van der Waals surface area contributed by atoms with Crippen LogP contribution < -0.4 is 5.32 Å². The SMILES string of the molecule is FC(F)(F)c1ccnc(NCc2cc3c(s2)CCC3)n1. The lowest BCUT2D eigenvalue weighted by Crippen LogP contribution is -2.11. The highest BCUT2D eigenvalue weighted by molar-refractivity contribution is 7.12. The average Bonchev–Trinajstić information content (AvgIpc) is 2.96. The number of nitrogens with zero attached hydrogens (tertiary/aromatic N) is 2.